The van der Waals surface area contributed by atoms with Gasteiger partial charge in [0.1, 0.15) is 5.69 Å². The van der Waals surface area contributed by atoms with E-state index in [-0.39, 0.29) is 5.91 Å². The van der Waals surface area contributed by atoms with Crippen molar-refractivity contribution in [3.8, 4) is 11.3 Å². The topological polar surface area (TPSA) is 57.8 Å². The van der Waals surface area contributed by atoms with E-state index >= 15 is 0 Å². The molecule has 2 N–H and O–H groups in total. The summed E-state index contributed by atoms with van der Waals surface area (Å²) in [4.78, 5) is 12.2. The van der Waals surface area contributed by atoms with Crippen molar-refractivity contribution < 1.29 is 4.79 Å². The Morgan fingerprint density at radius 1 is 1.08 bits per heavy atom. The summed E-state index contributed by atoms with van der Waals surface area (Å²) in [6.45, 7) is 2.81. The van der Waals surface area contributed by atoms with Crippen LogP contribution in [-0.2, 0) is 0 Å². The van der Waals surface area contributed by atoms with Gasteiger partial charge in [-0.15, -0.1) is 0 Å². The van der Waals surface area contributed by atoms with Crippen molar-refractivity contribution in [1.82, 2.24) is 15.5 Å². The molecule has 24 heavy (non-hydrogen) atoms. The van der Waals surface area contributed by atoms with Crippen LogP contribution in [0.15, 0.2) is 66.7 Å². The molecule has 1 atom stereocenters. The first kappa shape index (κ1) is 16.0. The van der Waals surface area contributed by atoms with Gasteiger partial charge in [-0.3, -0.25) is 9.89 Å². The Morgan fingerprint density at radius 3 is 2.46 bits per heavy atom. The van der Waals surface area contributed by atoms with Crippen molar-refractivity contribution >= 4 is 5.91 Å². The summed E-state index contributed by atoms with van der Waals surface area (Å²) >= 11 is 0. The number of nitrogens with one attached hydrogen (secondary N) is 2. The average molecular weight is 319 g/mol. The molecule has 4 heteroatoms. The van der Waals surface area contributed by atoms with E-state index in [1.54, 1.807) is 6.07 Å². The largest absolute Gasteiger partial charge is 0.351 e. The molecule has 3 rings (SSSR count). The number of H-pyrrole nitrogens is 1. The van der Waals surface area contributed by atoms with Gasteiger partial charge in [0.05, 0.1) is 5.69 Å². The highest BCUT2D eigenvalue weighted by atomic mass is 16.1. The normalized spacial score (nSPS) is 11.9. The van der Waals surface area contributed by atoms with E-state index in [1.165, 1.54) is 5.56 Å². The highest BCUT2D eigenvalue weighted by Gasteiger charge is 2.11. The van der Waals surface area contributed by atoms with Crippen molar-refractivity contribution in [3.63, 3.8) is 0 Å². The quantitative estimate of drug-likeness (QED) is 0.721. The molecule has 3 aromatic rings. The smallest absolute Gasteiger partial charge is 0.269 e. The lowest BCUT2D eigenvalue weighted by Crippen LogP contribution is -2.25. The fourth-order valence-corrected chi connectivity index (χ4v) is 2.64. The summed E-state index contributed by atoms with van der Waals surface area (Å²) in [6.07, 6.45) is 0.898. The van der Waals surface area contributed by atoms with Crippen LogP contribution in [0.3, 0.4) is 0 Å². The summed E-state index contributed by atoms with van der Waals surface area (Å²) in [6, 6.07) is 21.9. The molecule has 2 aromatic carbocycles. The lowest BCUT2D eigenvalue weighted by molar-refractivity contribution is 0.0947. The summed E-state index contributed by atoms with van der Waals surface area (Å²) < 4.78 is 0. The third-order valence-corrected chi connectivity index (χ3v) is 4.12. The Hall–Kier alpha value is -2.88. The number of aromatic nitrogens is 2. The molecule has 0 aliphatic rings. The molecule has 122 valence electrons. The minimum atomic E-state index is -0.120. The minimum absolute atomic E-state index is 0.120. The van der Waals surface area contributed by atoms with Gasteiger partial charge in [0.25, 0.3) is 5.91 Å². The number of nitrogens with zero attached hydrogens (tertiary/aromatic N) is 1. The highest BCUT2D eigenvalue weighted by molar-refractivity contribution is 5.93. The molecule has 1 unspecified atom stereocenters. The summed E-state index contributed by atoms with van der Waals surface area (Å²) in [5, 5.41) is 9.98. The van der Waals surface area contributed by atoms with Gasteiger partial charge in [0.2, 0.25) is 0 Å². The van der Waals surface area contributed by atoms with Crippen molar-refractivity contribution in [3.05, 3.63) is 78.0 Å². The summed E-state index contributed by atoms with van der Waals surface area (Å²) in [5.41, 5.74) is 3.55. The number of aromatic amines is 1. The molecular weight excluding hydrogens is 298 g/mol. The summed E-state index contributed by atoms with van der Waals surface area (Å²) in [7, 11) is 0. The van der Waals surface area contributed by atoms with Crippen LogP contribution in [0.25, 0.3) is 11.3 Å². The third kappa shape index (κ3) is 3.90. The molecule has 1 amide bonds. The first-order chi connectivity index (χ1) is 11.7. The van der Waals surface area contributed by atoms with E-state index in [9.17, 15) is 4.79 Å². The Balaban J connectivity index is 1.53. The monoisotopic (exact) mass is 319 g/mol. The van der Waals surface area contributed by atoms with Gasteiger partial charge in [0.15, 0.2) is 0 Å². The van der Waals surface area contributed by atoms with E-state index in [2.05, 4.69) is 34.6 Å². The van der Waals surface area contributed by atoms with Crippen LogP contribution in [0, 0.1) is 0 Å². The van der Waals surface area contributed by atoms with Gasteiger partial charge < -0.3 is 5.32 Å². The zero-order valence-electron chi connectivity index (χ0n) is 13.7. The van der Waals surface area contributed by atoms with Gasteiger partial charge in [-0.05, 0) is 24.0 Å². The second-order valence-electron chi connectivity index (χ2n) is 5.89. The zero-order chi connectivity index (χ0) is 16.8. The molecule has 0 saturated heterocycles. The maximum Gasteiger partial charge on any atom is 0.269 e. The maximum atomic E-state index is 12.2. The standard InChI is InChI=1S/C20H21N3O/c1-15(16-8-4-2-5-9-16)12-13-21-20(24)19-14-18(22-23-19)17-10-6-3-7-11-17/h2-11,14-15H,12-13H2,1H3,(H,21,24)(H,22,23). The minimum Gasteiger partial charge on any atom is -0.351 e. The number of hydrogen-bond donors (Lipinski definition) is 2. The Morgan fingerprint density at radius 2 is 1.75 bits per heavy atom. The second-order valence-corrected chi connectivity index (χ2v) is 5.89. The lowest BCUT2D eigenvalue weighted by Gasteiger charge is -2.12. The number of carbonyl (C=O) groups excluding carboxylic acids is 1. The van der Waals surface area contributed by atoms with Gasteiger partial charge in [-0.2, -0.15) is 5.10 Å². The van der Waals surface area contributed by atoms with Crippen molar-refractivity contribution in [2.75, 3.05) is 6.54 Å². The molecule has 0 radical (unpaired) electrons. The fraction of sp³-hybridized carbons (Fsp3) is 0.200. The number of rotatable bonds is 6. The Labute approximate surface area is 141 Å². The van der Waals surface area contributed by atoms with Crippen molar-refractivity contribution in [2.45, 2.75) is 19.3 Å². The van der Waals surface area contributed by atoms with Gasteiger partial charge in [0, 0.05) is 12.1 Å². The molecule has 1 heterocycles. The molecule has 0 bridgehead atoms. The molecular formula is C20H21N3O. The average Bonchev–Trinajstić information content (AvgIpc) is 3.13. The molecule has 4 nitrogen and oxygen atoms in total. The van der Waals surface area contributed by atoms with Crippen LogP contribution in [-0.4, -0.2) is 22.6 Å². The zero-order valence-corrected chi connectivity index (χ0v) is 13.7. The number of benzene rings is 2. The fourth-order valence-electron chi connectivity index (χ4n) is 2.64. The lowest BCUT2D eigenvalue weighted by atomic mass is 9.98. The second kappa shape index (κ2) is 7.59. The molecule has 1 aromatic heterocycles. The van der Waals surface area contributed by atoms with E-state index in [0.717, 1.165) is 17.7 Å². The van der Waals surface area contributed by atoms with Crippen LogP contribution in [0.1, 0.15) is 35.3 Å². The van der Waals surface area contributed by atoms with Gasteiger partial charge in [-0.1, -0.05) is 67.6 Å². The van der Waals surface area contributed by atoms with Crippen LogP contribution in [0.4, 0.5) is 0 Å². The molecule has 0 fully saturated rings. The molecule has 0 spiro atoms. The predicted octanol–water partition coefficient (Wildman–Crippen LogP) is 4.00. The van der Waals surface area contributed by atoms with Crippen LogP contribution >= 0.6 is 0 Å². The number of hydrogen-bond acceptors (Lipinski definition) is 2. The first-order valence-corrected chi connectivity index (χ1v) is 8.18. The van der Waals surface area contributed by atoms with Crippen molar-refractivity contribution in [2.24, 2.45) is 0 Å². The van der Waals surface area contributed by atoms with Gasteiger partial charge >= 0.3 is 0 Å². The van der Waals surface area contributed by atoms with E-state index in [1.807, 2.05) is 48.5 Å². The molecule has 0 aliphatic heterocycles. The molecule has 0 saturated carbocycles. The van der Waals surface area contributed by atoms with E-state index < -0.39 is 0 Å². The first-order valence-electron chi connectivity index (χ1n) is 8.18. The highest BCUT2D eigenvalue weighted by Crippen LogP contribution is 2.18. The van der Waals surface area contributed by atoms with Crippen LogP contribution in [0.2, 0.25) is 0 Å². The van der Waals surface area contributed by atoms with Crippen LogP contribution < -0.4 is 5.32 Å². The summed E-state index contributed by atoms with van der Waals surface area (Å²) in [5.74, 6) is 0.290. The SMILES string of the molecule is CC(CCNC(=O)c1cc(-c2ccccc2)n[nH]1)c1ccccc1. The maximum absolute atomic E-state index is 12.2. The van der Waals surface area contributed by atoms with E-state index in [4.69, 9.17) is 0 Å². The van der Waals surface area contributed by atoms with Crippen LogP contribution in [0.5, 0.6) is 0 Å². The van der Waals surface area contributed by atoms with Gasteiger partial charge in [-0.25, -0.2) is 0 Å². The Kier molecular flexibility index (Phi) is 5.06. The molecule has 0 aliphatic carbocycles. The predicted molar refractivity (Wildman–Crippen MR) is 95.8 cm³/mol. The number of amides is 1. The number of carbonyl (C=O) groups is 1. The Bertz CT molecular complexity index is 781. The van der Waals surface area contributed by atoms with Crippen molar-refractivity contribution in [1.29, 1.82) is 0 Å². The third-order valence-electron chi connectivity index (χ3n) is 4.12. The van der Waals surface area contributed by atoms with E-state index in [0.29, 0.717) is 18.2 Å².